The molecule has 4 heteroatoms. The van der Waals surface area contributed by atoms with Crippen LogP contribution in [-0.4, -0.2) is 18.6 Å². The van der Waals surface area contributed by atoms with Crippen molar-refractivity contribution in [2.75, 3.05) is 13.7 Å². The fraction of sp³-hybridized carbons (Fsp3) is 0.158. The maximum Gasteiger partial charge on any atom is 0.214 e. The van der Waals surface area contributed by atoms with E-state index in [0.29, 0.717) is 0 Å². The van der Waals surface area contributed by atoms with Crippen LogP contribution >= 0.6 is 0 Å². The second kappa shape index (κ2) is 6.48. The number of ether oxygens (including phenoxy) is 1. The minimum Gasteiger partial charge on any atom is -0.497 e. The van der Waals surface area contributed by atoms with Gasteiger partial charge in [-0.05, 0) is 34.0 Å². The molecule has 1 atom stereocenters. The van der Waals surface area contributed by atoms with Crippen LogP contribution in [0.2, 0.25) is 0 Å². The Kier molecular flexibility index (Phi) is 4.24. The maximum atomic E-state index is 11.1. The predicted molar refractivity (Wildman–Crippen MR) is 90.6 cm³/mol. The van der Waals surface area contributed by atoms with Crippen molar-refractivity contribution in [3.05, 3.63) is 88.0 Å². The van der Waals surface area contributed by atoms with Crippen LogP contribution in [0.5, 0.6) is 5.75 Å². The average Bonchev–Trinajstić information content (AvgIpc) is 2.59. The van der Waals surface area contributed by atoms with Crippen molar-refractivity contribution in [3.63, 3.8) is 0 Å². The van der Waals surface area contributed by atoms with Gasteiger partial charge in [-0.2, -0.15) is 0 Å². The Bertz CT molecular complexity index is 830. The highest BCUT2D eigenvalue weighted by Crippen LogP contribution is 2.29. The first-order valence-corrected chi connectivity index (χ1v) is 7.42. The summed E-state index contributed by atoms with van der Waals surface area (Å²) in [7, 11) is 1.64. The van der Waals surface area contributed by atoms with Crippen molar-refractivity contribution in [1.29, 1.82) is 0 Å². The molecule has 0 saturated carbocycles. The van der Waals surface area contributed by atoms with Gasteiger partial charge in [0.25, 0.3) is 0 Å². The molecule has 0 aliphatic carbocycles. The average molecular weight is 307 g/mol. The Morgan fingerprint density at radius 3 is 2.35 bits per heavy atom. The second-order valence-electron chi connectivity index (χ2n) is 5.45. The summed E-state index contributed by atoms with van der Waals surface area (Å²) in [5.41, 5.74) is 1.91. The molecule has 1 unspecified atom stereocenters. The van der Waals surface area contributed by atoms with Crippen LogP contribution in [0.3, 0.4) is 0 Å². The predicted octanol–water partition coefficient (Wildman–Crippen LogP) is 4.26. The quantitative estimate of drug-likeness (QED) is 0.523. The molecule has 0 fully saturated rings. The number of nitro groups is 1. The summed E-state index contributed by atoms with van der Waals surface area (Å²) in [4.78, 5) is 10.8. The summed E-state index contributed by atoms with van der Waals surface area (Å²) < 4.78 is 5.23. The van der Waals surface area contributed by atoms with Crippen LogP contribution in [0, 0.1) is 10.1 Å². The van der Waals surface area contributed by atoms with Crippen molar-refractivity contribution >= 4 is 10.8 Å². The number of hydrogen-bond donors (Lipinski definition) is 0. The summed E-state index contributed by atoms with van der Waals surface area (Å²) in [5.74, 6) is 0.549. The van der Waals surface area contributed by atoms with E-state index < -0.39 is 0 Å². The van der Waals surface area contributed by atoms with Crippen LogP contribution in [0.25, 0.3) is 10.8 Å². The topological polar surface area (TPSA) is 52.4 Å². The van der Waals surface area contributed by atoms with E-state index in [1.54, 1.807) is 7.11 Å². The van der Waals surface area contributed by atoms with Crippen molar-refractivity contribution in [2.45, 2.75) is 5.92 Å². The first-order chi connectivity index (χ1) is 11.2. The molecular weight excluding hydrogens is 290 g/mol. The zero-order valence-corrected chi connectivity index (χ0v) is 12.8. The smallest absolute Gasteiger partial charge is 0.214 e. The van der Waals surface area contributed by atoms with Crippen LogP contribution in [-0.2, 0) is 0 Å². The van der Waals surface area contributed by atoms with Gasteiger partial charge in [0.1, 0.15) is 5.75 Å². The monoisotopic (exact) mass is 307 g/mol. The molecule has 0 aromatic heterocycles. The number of benzene rings is 3. The highest BCUT2D eigenvalue weighted by atomic mass is 16.6. The number of methoxy groups -OCH3 is 1. The Morgan fingerprint density at radius 2 is 1.65 bits per heavy atom. The Balaban J connectivity index is 2.05. The third kappa shape index (κ3) is 3.31. The highest BCUT2D eigenvalue weighted by Gasteiger charge is 2.20. The molecule has 0 amide bonds. The normalized spacial score (nSPS) is 12.0. The minimum absolute atomic E-state index is 0.119. The third-order valence-electron chi connectivity index (χ3n) is 4.01. The number of hydrogen-bond acceptors (Lipinski definition) is 3. The van der Waals surface area contributed by atoms with E-state index in [1.807, 2.05) is 66.7 Å². The molecule has 0 aliphatic heterocycles. The highest BCUT2D eigenvalue weighted by molar-refractivity contribution is 5.84. The largest absolute Gasteiger partial charge is 0.497 e. The lowest BCUT2D eigenvalue weighted by atomic mass is 9.90. The molecule has 0 bridgehead atoms. The minimum atomic E-state index is -0.254. The molecule has 0 saturated heterocycles. The SMILES string of the molecule is COc1ccc2cc(C(C[N+](=O)[O-])c3ccccc3)ccc2c1. The van der Waals surface area contributed by atoms with Crippen LogP contribution in [0.15, 0.2) is 66.7 Å². The molecule has 4 nitrogen and oxygen atoms in total. The Hall–Kier alpha value is -2.88. The van der Waals surface area contributed by atoms with E-state index in [2.05, 4.69) is 0 Å². The zero-order chi connectivity index (χ0) is 16.2. The molecule has 23 heavy (non-hydrogen) atoms. The second-order valence-corrected chi connectivity index (χ2v) is 5.45. The third-order valence-corrected chi connectivity index (χ3v) is 4.01. The Morgan fingerprint density at radius 1 is 0.957 bits per heavy atom. The van der Waals surface area contributed by atoms with E-state index in [0.717, 1.165) is 27.6 Å². The first-order valence-electron chi connectivity index (χ1n) is 7.42. The summed E-state index contributed by atoms with van der Waals surface area (Å²) >= 11 is 0. The lowest BCUT2D eigenvalue weighted by Gasteiger charge is -2.15. The van der Waals surface area contributed by atoms with Crippen LogP contribution in [0.4, 0.5) is 0 Å². The zero-order valence-electron chi connectivity index (χ0n) is 12.8. The van der Waals surface area contributed by atoms with Gasteiger partial charge in [0.15, 0.2) is 0 Å². The van der Waals surface area contributed by atoms with E-state index in [9.17, 15) is 10.1 Å². The van der Waals surface area contributed by atoms with Gasteiger partial charge in [0, 0.05) is 4.92 Å². The molecule has 3 rings (SSSR count). The standard InChI is InChI=1S/C19H17NO3/c1-23-18-10-9-15-11-17(8-7-16(15)12-18)19(13-20(21)22)14-5-3-2-4-6-14/h2-12,19H,13H2,1H3. The summed E-state index contributed by atoms with van der Waals surface area (Å²) in [6.45, 7) is -0.119. The molecule has 0 radical (unpaired) electrons. The lowest BCUT2D eigenvalue weighted by Crippen LogP contribution is -2.13. The Labute approximate surface area is 134 Å². The lowest BCUT2D eigenvalue weighted by molar-refractivity contribution is -0.481. The van der Waals surface area contributed by atoms with Crippen LogP contribution in [0.1, 0.15) is 17.0 Å². The maximum absolute atomic E-state index is 11.1. The van der Waals surface area contributed by atoms with Gasteiger partial charge in [0.05, 0.1) is 13.0 Å². The number of fused-ring (bicyclic) bond motifs is 1. The first kappa shape index (κ1) is 15.0. The molecule has 3 aromatic carbocycles. The molecular formula is C19H17NO3. The number of nitrogens with zero attached hydrogens (tertiary/aromatic N) is 1. The van der Waals surface area contributed by atoms with E-state index >= 15 is 0 Å². The van der Waals surface area contributed by atoms with Crippen molar-refractivity contribution in [2.24, 2.45) is 0 Å². The molecule has 0 heterocycles. The van der Waals surface area contributed by atoms with Gasteiger partial charge in [-0.15, -0.1) is 0 Å². The van der Waals surface area contributed by atoms with E-state index in [1.165, 1.54) is 0 Å². The molecule has 0 aliphatic rings. The molecule has 116 valence electrons. The van der Waals surface area contributed by atoms with Gasteiger partial charge in [-0.25, -0.2) is 0 Å². The van der Waals surface area contributed by atoms with Gasteiger partial charge < -0.3 is 4.74 Å². The van der Waals surface area contributed by atoms with E-state index in [-0.39, 0.29) is 17.4 Å². The molecule has 0 spiro atoms. The van der Waals surface area contributed by atoms with Gasteiger partial charge >= 0.3 is 0 Å². The van der Waals surface area contributed by atoms with Gasteiger partial charge in [0.2, 0.25) is 6.54 Å². The van der Waals surface area contributed by atoms with Crippen molar-refractivity contribution in [3.8, 4) is 5.75 Å². The van der Waals surface area contributed by atoms with Gasteiger partial charge in [-0.3, -0.25) is 10.1 Å². The molecule has 0 N–H and O–H groups in total. The number of rotatable bonds is 5. The fourth-order valence-electron chi connectivity index (χ4n) is 2.82. The van der Waals surface area contributed by atoms with E-state index in [4.69, 9.17) is 4.74 Å². The summed E-state index contributed by atoms with van der Waals surface area (Å²) in [5, 5.41) is 13.2. The van der Waals surface area contributed by atoms with Crippen molar-refractivity contribution < 1.29 is 9.66 Å². The van der Waals surface area contributed by atoms with Crippen molar-refractivity contribution in [1.82, 2.24) is 0 Å². The fourth-order valence-corrected chi connectivity index (χ4v) is 2.82. The molecule has 3 aromatic rings. The van der Waals surface area contributed by atoms with Crippen LogP contribution < -0.4 is 4.74 Å². The van der Waals surface area contributed by atoms with Gasteiger partial charge in [-0.1, -0.05) is 54.6 Å². The summed E-state index contributed by atoms with van der Waals surface area (Å²) in [6, 6.07) is 21.4. The summed E-state index contributed by atoms with van der Waals surface area (Å²) in [6.07, 6.45) is 0.